The molecule has 1 N–H and O–H groups in total. The number of halogens is 1. The van der Waals surface area contributed by atoms with Crippen molar-refractivity contribution in [3.8, 4) is 0 Å². The van der Waals surface area contributed by atoms with Crippen LogP contribution >= 0.6 is 22.6 Å². The molecule has 1 aliphatic heterocycles. The van der Waals surface area contributed by atoms with Crippen LogP contribution < -0.4 is 5.32 Å². The number of piperidine rings is 1. The van der Waals surface area contributed by atoms with E-state index in [-0.39, 0.29) is 6.03 Å². The lowest BCUT2D eigenvalue weighted by atomic mass is 10.00. The molecule has 17 heavy (non-hydrogen) atoms. The maximum absolute atomic E-state index is 11.9. The van der Waals surface area contributed by atoms with Gasteiger partial charge in [0.2, 0.25) is 0 Å². The molecule has 0 atom stereocenters. The summed E-state index contributed by atoms with van der Waals surface area (Å²) in [5, 5.41) is 2.83. The lowest BCUT2D eigenvalue weighted by Gasteiger charge is -2.30. The number of urea groups is 1. The summed E-state index contributed by atoms with van der Waals surface area (Å²) in [5.41, 5.74) is 0. The highest BCUT2D eigenvalue weighted by atomic mass is 127. The SMILES string of the molecule is CC1CCN(C(=O)Nc2ccc(I)cn2)CC1. The highest BCUT2D eigenvalue weighted by Gasteiger charge is 2.20. The molecule has 0 saturated carbocycles. The minimum absolute atomic E-state index is 0.0365. The van der Waals surface area contributed by atoms with Gasteiger partial charge in [-0.25, -0.2) is 9.78 Å². The number of nitrogens with zero attached hydrogens (tertiary/aromatic N) is 2. The molecule has 0 unspecified atom stereocenters. The third kappa shape index (κ3) is 3.55. The maximum atomic E-state index is 11.9. The molecule has 1 aromatic heterocycles. The van der Waals surface area contributed by atoms with Gasteiger partial charge in [-0.2, -0.15) is 0 Å². The summed E-state index contributed by atoms with van der Waals surface area (Å²) in [6, 6.07) is 3.72. The molecule has 4 nitrogen and oxygen atoms in total. The molecule has 0 radical (unpaired) electrons. The quantitative estimate of drug-likeness (QED) is 0.796. The Morgan fingerprint density at radius 2 is 2.18 bits per heavy atom. The van der Waals surface area contributed by atoms with Gasteiger partial charge in [-0.1, -0.05) is 6.92 Å². The Bertz CT molecular complexity index is 385. The van der Waals surface area contributed by atoms with E-state index >= 15 is 0 Å². The molecule has 1 fully saturated rings. The Morgan fingerprint density at radius 3 is 2.76 bits per heavy atom. The van der Waals surface area contributed by atoms with E-state index in [4.69, 9.17) is 0 Å². The number of rotatable bonds is 1. The van der Waals surface area contributed by atoms with Gasteiger partial charge < -0.3 is 4.90 Å². The van der Waals surface area contributed by atoms with Crippen LogP contribution in [0, 0.1) is 9.49 Å². The Morgan fingerprint density at radius 1 is 1.47 bits per heavy atom. The summed E-state index contributed by atoms with van der Waals surface area (Å²) in [7, 11) is 0. The molecule has 1 saturated heterocycles. The molecular weight excluding hydrogens is 329 g/mol. The third-order valence-corrected chi connectivity index (χ3v) is 3.67. The molecule has 1 aliphatic rings. The Hall–Kier alpha value is -0.850. The zero-order valence-corrected chi connectivity index (χ0v) is 12.0. The van der Waals surface area contributed by atoms with Crippen molar-refractivity contribution in [1.29, 1.82) is 0 Å². The summed E-state index contributed by atoms with van der Waals surface area (Å²) in [6.45, 7) is 3.92. The van der Waals surface area contributed by atoms with Crippen molar-refractivity contribution in [2.45, 2.75) is 19.8 Å². The van der Waals surface area contributed by atoms with E-state index in [1.165, 1.54) is 0 Å². The van der Waals surface area contributed by atoms with Crippen molar-refractivity contribution >= 4 is 34.4 Å². The van der Waals surface area contributed by atoms with Gasteiger partial charge >= 0.3 is 6.03 Å². The number of aromatic nitrogens is 1. The molecule has 0 spiro atoms. The van der Waals surface area contributed by atoms with Gasteiger partial charge in [-0.3, -0.25) is 5.32 Å². The van der Waals surface area contributed by atoms with Crippen LogP contribution in [0.2, 0.25) is 0 Å². The fourth-order valence-corrected chi connectivity index (χ4v) is 2.17. The molecule has 0 bridgehead atoms. The van der Waals surface area contributed by atoms with E-state index in [2.05, 4.69) is 39.8 Å². The summed E-state index contributed by atoms with van der Waals surface area (Å²) >= 11 is 2.19. The number of likely N-dealkylation sites (tertiary alicyclic amines) is 1. The monoisotopic (exact) mass is 345 g/mol. The number of nitrogens with one attached hydrogen (secondary N) is 1. The largest absolute Gasteiger partial charge is 0.324 e. The van der Waals surface area contributed by atoms with Crippen LogP contribution in [0.25, 0.3) is 0 Å². The van der Waals surface area contributed by atoms with Crippen molar-refractivity contribution in [1.82, 2.24) is 9.88 Å². The van der Waals surface area contributed by atoms with Gasteiger partial charge in [-0.05, 0) is 53.5 Å². The summed E-state index contributed by atoms with van der Waals surface area (Å²) in [4.78, 5) is 18.0. The van der Waals surface area contributed by atoms with Crippen molar-refractivity contribution in [3.63, 3.8) is 0 Å². The van der Waals surface area contributed by atoms with E-state index in [0.717, 1.165) is 35.4 Å². The standard InChI is InChI=1S/C12H16IN3O/c1-9-4-6-16(7-5-9)12(17)15-11-3-2-10(13)8-14-11/h2-3,8-9H,4-7H2,1H3,(H,14,15,17). The number of pyridine rings is 1. The van der Waals surface area contributed by atoms with Gasteiger partial charge in [0.1, 0.15) is 5.82 Å². The van der Waals surface area contributed by atoms with Crippen LogP contribution in [-0.2, 0) is 0 Å². The minimum Gasteiger partial charge on any atom is -0.324 e. The van der Waals surface area contributed by atoms with Crippen LogP contribution in [0.1, 0.15) is 19.8 Å². The normalized spacial score (nSPS) is 16.9. The summed E-state index contributed by atoms with van der Waals surface area (Å²) in [6.07, 6.45) is 3.93. The molecule has 2 rings (SSSR count). The maximum Gasteiger partial charge on any atom is 0.323 e. The van der Waals surface area contributed by atoms with Crippen LogP contribution in [0.15, 0.2) is 18.3 Å². The highest BCUT2D eigenvalue weighted by Crippen LogP contribution is 2.17. The zero-order chi connectivity index (χ0) is 12.3. The van der Waals surface area contributed by atoms with E-state index in [1.54, 1.807) is 6.20 Å². The molecular formula is C12H16IN3O. The van der Waals surface area contributed by atoms with Gasteiger partial charge in [0.05, 0.1) is 0 Å². The number of hydrogen-bond donors (Lipinski definition) is 1. The second-order valence-electron chi connectivity index (χ2n) is 4.46. The number of carbonyl (C=O) groups excluding carboxylic acids is 1. The molecule has 92 valence electrons. The number of anilines is 1. The molecule has 2 heterocycles. The zero-order valence-electron chi connectivity index (χ0n) is 9.82. The van der Waals surface area contributed by atoms with Crippen molar-refractivity contribution in [2.24, 2.45) is 5.92 Å². The first kappa shape index (κ1) is 12.6. The van der Waals surface area contributed by atoms with Crippen LogP contribution in [-0.4, -0.2) is 29.0 Å². The number of amides is 2. The topological polar surface area (TPSA) is 45.2 Å². The minimum atomic E-state index is -0.0365. The molecule has 2 amide bonds. The lowest BCUT2D eigenvalue weighted by Crippen LogP contribution is -2.40. The highest BCUT2D eigenvalue weighted by molar-refractivity contribution is 14.1. The first-order valence-corrected chi connectivity index (χ1v) is 6.90. The Labute approximate surface area is 115 Å². The third-order valence-electron chi connectivity index (χ3n) is 3.03. The van der Waals surface area contributed by atoms with Crippen molar-refractivity contribution in [2.75, 3.05) is 18.4 Å². The van der Waals surface area contributed by atoms with Crippen LogP contribution in [0.4, 0.5) is 10.6 Å². The average Bonchev–Trinajstić information content (AvgIpc) is 2.33. The number of carbonyl (C=O) groups is 1. The molecule has 5 heteroatoms. The molecule has 0 aliphatic carbocycles. The Balaban J connectivity index is 1.90. The second-order valence-corrected chi connectivity index (χ2v) is 5.71. The average molecular weight is 345 g/mol. The molecule has 0 aromatic carbocycles. The van der Waals surface area contributed by atoms with Gasteiger partial charge in [-0.15, -0.1) is 0 Å². The number of hydrogen-bond acceptors (Lipinski definition) is 2. The van der Waals surface area contributed by atoms with E-state index in [1.807, 2.05) is 17.0 Å². The first-order valence-electron chi connectivity index (χ1n) is 5.82. The lowest BCUT2D eigenvalue weighted by molar-refractivity contribution is 0.186. The van der Waals surface area contributed by atoms with E-state index in [0.29, 0.717) is 5.82 Å². The fraction of sp³-hybridized carbons (Fsp3) is 0.500. The predicted octanol–water partition coefficient (Wildman–Crippen LogP) is 2.95. The van der Waals surface area contributed by atoms with Crippen molar-refractivity contribution < 1.29 is 4.79 Å². The smallest absolute Gasteiger partial charge is 0.323 e. The van der Waals surface area contributed by atoms with Crippen LogP contribution in [0.3, 0.4) is 0 Å². The van der Waals surface area contributed by atoms with Gasteiger partial charge in [0, 0.05) is 22.9 Å². The Kier molecular flexibility index (Phi) is 4.20. The first-order chi connectivity index (χ1) is 8.15. The second kappa shape index (κ2) is 5.66. The van der Waals surface area contributed by atoms with E-state index < -0.39 is 0 Å². The summed E-state index contributed by atoms with van der Waals surface area (Å²) < 4.78 is 1.06. The summed E-state index contributed by atoms with van der Waals surface area (Å²) in [5.74, 6) is 1.35. The predicted molar refractivity (Wildman–Crippen MR) is 75.9 cm³/mol. The molecule has 1 aromatic rings. The van der Waals surface area contributed by atoms with Crippen LogP contribution in [0.5, 0.6) is 0 Å². The van der Waals surface area contributed by atoms with Gasteiger partial charge in [0.15, 0.2) is 0 Å². The van der Waals surface area contributed by atoms with Crippen molar-refractivity contribution in [3.05, 3.63) is 21.9 Å². The fourth-order valence-electron chi connectivity index (χ4n) is 1.85. The van der Waals surface area contributed by atoms with Gasteiger partial charge in [0.25, 0.3) is 0 Å². The van der Waals surface area contributed by atoms with E-state index in [9.17, 15) is 4.79 Å².